The predicted octanol–water partition coefficient (Wildman–Crippen LogP) is 1.62. The fraction of sp³-hybridized carbons (Fsp3) is 0.200. The molecule has 0 aromatic heterocycles. The van der Waals surface area contributed by atoms with Gasteiger partial charge in [0.15, 0.2) is 0 Å². The molecule has 33 valence electrons. The summed E-state index contributed by atoms with van der Waals surface area (Å²) in [6, 6.07) is 0. The van der Waals surface area contributed by atoms with Crippen LogP contribution in [0.15, 0.2) is 22.7 Å². The van der Waals surface area contributed by atoms with Crippen LogP contribution in [0.5, 0.6) is 0 Å². The van der Waals surface area contributed by atoms with Crippen LogP contribution < -0.4 is 0 Å². The van der Waals surface area contributed by atoms with Crippen molar-refractivity contribution in [3.8, 4) is 0 Å². The zero-order valence-electron chi connectivity index (χ0n) is 3.72. The fourth-order valence-corrected chi connectivity index (χ4v) is 0.379. The summed E-state index contributed by atoms with van der Waals surface area (Å²) in [5.41, 5.74) is 0. The Labute approximate surface area is 49.8 Å². The molecule has 0 saturated carbocycles. The van der Waals surface area contributed by atoms with Crippen molar-refractivity contribution in [1.29, 1.82) is 0 Å². The number of hydrogen-bond donors (Lipinski definition) is 0. The molecule has 0 aliphatic heterocycles. The van der Waals surface area contributed by atoms with Crippen LogP contribution in [0.4, 0.5) is 0 Å². The molecule has 0 N–H and O–H groups in total. The minimum absolute atomic E-state index is 1.94. The summed E-state index contributed by atoms with van der Waals surface area (Å²) in [5.74, 6) is 0. The minimum atomic E-state index is 1.94. The van der Waals surface area contributed by atoms with E-state index in [1.54, 1.807) is 0 Å². The second-order valence-electron chi connectivity index (χ2n) is 0.854. The van der Waals surface area contributed by atoms with E-state index in [1.807, 2.05) is 49.4 Å². The van der Waals surface area contributed by atoms with Crippen molar-refractivity contribution >= 4 is 0 Å². The Morgan fingerprint density at radius 3 is 2.17 bits per heavy atom. The summed E-state index contributed by atoms with van der Waals surface area (Å²) in [5, 5.41) is 0. The first-order chi connectivity index (χ1) is 2.91. The van der Waals surface area contributed by atoms with Gasteiger partial charge < -0.3 is 0 Å². The van der Waals surface area contributed by atoms with E-state index < -0.39 is 0 Å². The van der Waals surface area contributed by atoms with Crippen molar-refractivity contribution < 1.29 is 19.8 Å². The Hall–Kier alpha value is 0.168. The van der Waals surface area contributed by atoms with Crippen LogP contribution in [0, 0.1) is 0 Å². The second-order valence-corrected chi connectivity index (χ2v) is 1.52. The normalized spacial score (nSPS) is 11.5. The van der Waals surface area contributed by atoms with E-state index in [2.05, 4.69) is 0 Å². The molecule has 0 amide bonds. The van der Waals surface area contributed by atoms with Gasteiger partial charge in [-0.05, 0) is 0 Å². The zero-order valence-corrected chi connectivity index (χ0v) is 5.72. The molecule has 0 unspecified atom stereocenters. The van der Waals surface area contributed by atoms with Crippen molar-refractivity contribution in [2.24, 2.45) is 0 Å². The molecule has 0 aromatic carbocycles. The fourth-order valence-electron chi connectivity index (χ4n) is 0.156. The summed E-state index contributed by atoms with van der Waals surface area (Å²) in [6.07, 6.45) is 6.01. The average Bonchev–Trinajstić information content (AvgIpc) is 1.61. The summed E-state index contributed by atoms with van der Waals surface area (Å²) in [6.45, 7) is 2.00. The molecule has 0 radical (unpaired) electrons. The van der Waals surface area contributed by atoms with E-state index in [9.17, 15) is 0 Å². The molecule has 0 rings (SSSR count). The van der Waals surface area contributed by atoms with Crippen molar-refractivity contribution in [3.63, 3.8) is 0 Å². The molecule has 0 aromatic rings. The SMILES string of the molecule is CC=CC=[CH][Mo]. The van der Waals surface area contributed by atoms with Crippen LogP contribution in [-0.4, -0.2) is 0 Å². The Balaban J connectivity index is 3.07. The van der Waals surface area contributed by atoms with E-state index in [0.717, 1.165) is 0 Å². The average molecular weight is 163 g/mol. The topological polar surface area (TPSA) is 0 Å². The third-order valence-corrected chi connectivity index (χ3v) is 0.768. The molecule has 0 saturated heterocycles. The van der Waals surface area contributed by atoms with Crippen LogP contribution in [0.25, 0.3) is 0 Å². The van der Waals surface area contributed by atoms with Gasteiger partial charge in [-0.3, -0.25) is 0 Å². The van der Waals surface area contributed by atoms with Gasteiger partial charge in [0.2, 0.25) is 0 Å². The van der Waals surface area contributed by atoms with Crippen molar-refractivity contribution in [2.75, 3.05) is 0 Å². The predicted molar refractivity (Wildman–Crippen MR) is 24.0 cm³/mol. The van der Waals surface area contributed by atoms with E-state index in [1.165, 1.54) is 0 Å². The van der Waals surface area contributed by atoms with Gasteiger partial charge in [-0.2, -0.15) is 0 Å². The maximum atomic E-state index is 2.01. The van der Waals surface area contributed by atoms with Gasteiger partial charge >= 0.3 is 49.4 Å². The number of allylic oxidation sites excluding steroid dienone is 3. The molecule has 6 heavy (non-hydrogen) atoms. The molecular weight excluding hydrogens is 156 g/mol. The molecule has 0 nitrogen and oxygen atoms in total. The van der Waals surface area contributed by atoms with Crippen LogP contribution >= 0.6 is 0 Å². The Morgan fingerprint density at radius 2 is 2.00 bits per heavy atom. The van der Waals surface area contributed by atoms with Crippen LogP contribution in [0.2, 0.25) is 0 Å². The zero-order chi connectivity index (χ0) is 4.83. The first-order valence-corrected chi connectivity index (χ1v) is 2.97. The van der Waals surface area contributed by atoms with Gasteiger partial charge in [0, 0.05) is 0 Å². The molecule has 0 aliphatic carbocycles. The molecule has 0 aliphatic rings. The molecular formula is C5H7Mo. The third-order valence-electron chi connectivity index (χ3n) is 0.382. The van der Waals surface area contributed by atoms with Gasteiger partial charge in [0.1, 0.15) is 0 Å². The van der Waals surface area contributed by atoms with Gasteiger partial charge in [-0.25, -0.2) is 0 Å². The first-order valence-electron chi connectivity index (χ1n) is 1.81. The Kier molecular flexibility index (Phi) is 5.31. The molecule has 0 spiro atoms. The van der Waals surface area contributed by atoms with Crippen LogP contribution in [0.3, 0.4) is 0 Å². The van der Waals surface area contributed by atoms with Crippen molar-refractivity contribution in [2.45, 2.75) is 6.92 Å². The van der Waals surface area contributed by atoms with Gasteiger partial charge in [-0.15, -0.1) is 0 Å². The van der Waals surface area contributed by atoms with Crippen LogP contribution in [0.1, 0.15) is 6.92 Å². The molecule has 1 heteroatoms. The van der Waals surface area contributed by atoms with E-state index in [4.69, 9.17) is 0 Å². The van der Waals surface area contributed by atoms with E-state index in [0.29, 0.717) is 0 Å². The Morgan fingerprint density at radius 1 is 1.33 bits per heavy atom. The van der Waals surface area contributed by atoms with E-state index in [-0.39, 0.29) is 0 Å². The van der Waals surface area contributed by atoms with Gasteiger partial charge in [-0.1, -0.05) is 0 Å². The van der Waals surface area contributed by atoms with Gasteiger partial charge in [0.05, 0.1) is 0 Å². The molecule has 0 heterocycles. The quantitative estimate of drug-likeness (QED) is 0.407. The summed E-state index contributed by atoms with van der Waals surface area (Å²) < 4.78 is 2.01. The van der Waals surface area contributed by atoms with Crippen LogP contribution in [-0.2, 0) is 19.8 Å². The standard InChI is InChI=1S/C5H7.Mo/c1-3-5-4-2;/h1,3-5H,2H3;. The summed E-state index contributed by atoms with van der Waals surface area (Å²) in [7, 11) is 0. The first kappa shape index (κ1) is 6.17. The molecule has 0 atom stereocenters. The number of rotatable bonds is 1. The summed E-state index contributed by atoms with van der Waals surface area (Å²) in [4.78, 5) is 0. The molecule has 0 bridgehead atoms. The molecule has 0 fully saturated rings. The number of hydrogen-bond acceptors (Lipinski definition) is 0. The van der Waals surface area contributed by atoms with Crippen molar-refractivity contribution in [3.05, 3.63) is 22.7 Å². The maximum absolute atomic E-state index is 2.01. The van der Waals surface area contributed by atoms with Gasteiger partial charge in [0.25, 0.3) is 0 Å². The monoisotopic (exact) mass is 165 g/mol. The third kappa shape index (κ3) is 4.17. The Bertz CT molecular complexity index is 52.3. The second kappa shape index (κ2) is 5.17. The van der Waals surface area contributed by atoms with E-state index >= 15 is 0 Å². The van der Waals surface area contributed by atoms with Crippen molar-refractivity contribution in [1.82, 2.24) is 0 Å². The summed E-state index contributed by atoms with van der Waals surface area (Å²) >= 11 is 1.94.